The van der Waals surface area contributed by atoms with Gasteiger partial charge in [0, 0.05) is 20.3 Å². The Morgan fingerprint density at radius 3 is 2.25 bits per heavy atom. The Kier molecular flexibility index (Phi) is 4.35. The normalized spacial score (nSPS) is 11.1. The fourth-order valence-corrected chi connectivity index (χ4v) is 3.64. The van der Waals surface area contributed by atoms with Gasteiger partial charge in [0.2, 0.25) is 0 Å². The molecule has 142 valence electrons. The fourth-order valence-electron chi connectivity index (χ4n) is 3.41. The van der Waals surface area contributed by atoms with Crippen LogP contribution in [0, 0.1) is 0 Å². The summed E-state index contributed by atoms with van der Waals surface area (Å²) < 4.78 is 9.69. The lowest BCUT2D eigenvalue weighted by Crippen LogP contribution is -2.36. The van der Waals surface area contributed by atoms with E-state index in [0.29, 0.717) is 27.4 Å². The highest BCUT2D eigenvalue weighted by atomic mass is 35.5. The number of fused-ring (bicyclic) bond motifs is 1. The molecular formula is C21H18ClN3O3. The molecule has 0 aliphatic heterocycles. The van der Waals surface area contributed by atoms with Gasteiger partial charge in [-0.1, -0.05) is 23.7 Å². The van der Waals surface area contributed by atoms with Crippen LogP contribution in [0.5, 0.6) is 5.75 Å². The number of hydrogen-bond donors (Lipinski definition) is 0. The topological polar surface area (TPSA) is 58.2 Å². The summed E-state index contributed by atoms with van der Waals surface area (Å²) in [4.78, 5) is 25.4. The molecule has 0 N–H and O–H groups in total. The van der Waals surface area contributed by atoms with Crippen molar-refractivity contribution in [2.24, 2.45) is 14.1 Å². The molecule has 4 aromatic rings. The van der Waals surface area contributed by atoms with Gasteiger partial charge >= 0.3 is 5.69 Å². The number of benzene rings is 2. The number of hydrogen-bond acceptors (Lipinski definition) is 3. The van der Waals surface area contributed by atoms with Gasteiger partial charge in [-0.25, -0.2) is 4.79 Å². The van der Waals surface area contributed by atoms with Gasteiger partial charge in [-0.3, -0.25) is 13.9 Å². The first-order chi connectivity index (χ1) is 13.4. The van der Waals surface area contributed by atoms with Crippen molar-refractivity contribution in [3.05, 3.63) is 80.6 Å². The van der Waals surface area contributed by atoms with Crippen LogP contribution >= 0.6 is 11.6 Å². The van der Waals surface area contributed by atoms with Gasteiger partial charge in [-0.05, 0) is 42.0 Å². The quantitative estimate of drug-likeness (QED) is 0.534. The molecule has 0 spiro atoms. The number of aromatic nitrogens is 3. The molecule has 7 heteroatoms. The summed E-state index contributed by atoms with van der Waals surface area (Å²) in [6.07, 6.45) is 1.78. The van der Waals surface area contributed by atoms with Crippen LogP contribution < -0.4 is 16.0 Å². The van der Waals surface area contributed by atoms with Crippen molar-refractivity contribution >= 4 is 22.5 Å². The molecule has 28 heavy (non-hydrogen) atoms. The molecule has 0 aliphatic rings. The van der Waals surface area contributed by atoms with E-state index in [4.69, 9.17) is 16.3 Å². The molecular weight excluding hydrogens is 378 g/mol. The number of nitrogens with zero attached hydrogens (tertiary/aromatic N) is 3. The lowest BCUT2D eigenvalue weighted by atomic mass is 10.1. The van der Waals surface area contributed by atoms with Crippen LogP contribution in [0.4, 0.5) is 0 Å². The van der Waals surface area contributed by atoms with E-state index in [-0.39, 0.29) is 11.2 Å². The number of ether oxygens (including phenoxy) is 1. The molecule has 0 amide bonds. The third-order valence-electron chi connectivity index (χ3n) is 4.91. The summed E-state index contributed by atoms with van der Waals surface area (Å²) in [5, 5.41) is 0.995. The molecule has 0 atom stereocenters. The summed E-state index contributed by atoms with van der Waals surface area (Å²) in [6.45, 7) is 0. The molecule has 0 saturated heterocycles. The zero-order chi connectivity index (χ0) is 20.0. The van der Waals surface area contributed by atoms with E-state index < -0.39 is 0 Å². The predicted molar refractivity (Wildman–Crippen MR) is 111 cm³/mol. The van der Waals surface area contributed by atoms with Crippen molar-refractivity contribution in [1.29, 1.82) is 0 Å². The molecule has 2 aromatic carbocycles. The number of rotatable bonds is 3. The molecule has 2 heterocycles. The number of halogens is 1. The Bertz CT molecular complexity index is 1310. The largest absolute Gasteiger partial charge is 0.497 e. The Hall–Kier alpha value is -3.25. The maximum Gasteiger partial charge on any atom is 0.330 e. The molecule has 0 fully saturated rings. The third-order valence-corrected chi connectivity index (χ3v) is 5.23. The SMILES string of the molecule is COc1ccc(-c2c3c(=O)n(C)c(=O)n(C)c3cn2-c2ccccc2Cl)cc1. The van der Waals surface area contributed by atoms with E-state index in [1.165, 1.54) is 11.6 Å². The van der Waals surface area contributed by atoms with Gasteiger partial charge in [0.05, 0.1) is 34.4 Å². The summed E-state index contributed by atoms with van der Waals surface area (Å²) >= 11 is 6.44. The Morgan fingerprint density at radius 1 is 0.929 bits per heavy atom. The van der Waals surface area contributed by atoms with Gasteiger partial charge in [0.1, 0.15) is 5.75 Å². The summed E-state index contributed by atoms with van der Waals surface area (Å²) in [5.41, 5.74) is 2.01. The third kappa shape index (κ3) is 2.65. The van der Waals surface area contributed by atoms with Gasteiger partial charge in [-0.2, -0.15) is 0 Å². The highest BCUT2D eigenvalue weighted by molar-refractivity contribution is 6.32. The van der Waals surface area contributed by atoms with Crippen molar-refractivity contribution in [2.75, 3.05) is 7.11 Å². The molecule has 0 saturated carbocycles. The van der Waals surface area contributed by atoms with E-state index >= 15 is 0 Å². The van der Waals surface area contributed by atoms with Gasteiger partial charge in [0.15, 0.2) is 0 Å². The van der Waals surface area contributed by atoms with E-state index in [9.17, 15) is 9.59 Å². The zero-order valence-corrected chi connectivity index (χ0v) is 16.4. The number of aryl methyl sites for hydroxylation is 1. The lowest BCUT2D eigenvalue weighted by Gasteiger charge is -2.12. The fraction of sp³-hybridized carbons (Fsp3) is 0.143. The lowest BCUT2D eigenvalue weighted by molar-refractivity contribution is 0.415. The molecule has 0 radical (unpaired) electrons. The van der Waals surface area contributed by atoms with Crippen LogP contribution in [0.15, 0.2) is 64.3 Å². The average Bonchev–Trinajstić information content (AvgIpc) is 3.11. The van der Waals surface area contributed by atoms with Crippen LogP contribution in [0.2, 0.25) is 5.02 Å². The second-order valence-electron chi connectivity index (χ2n) is 6.49. The summed E-state index contributed by atoms with van der Waals surface area (Å²) in [6, 6.07) is 14.8. The molecule has 4 rings (SSSR count). The van der Waals surface area contributed by atoms with Crippen LogP contribution in [0.25, 0.3) is 27.8 Å². The van der Waals surface area contributed by atoms with Crippen LogP contribution in [0.3, 0.4) is 0 Å². The van der Waals surface area contributed by atoms with Crippen molar-refractivity contribution in [2.45, 2.75) is 0 Å². The van der Waals surface area contributed by atoms with Gasteiger partial charge in [0.25, 0.3) is 5.56 Å². The minimum Gasteiger partial charge on any atom is -0.497 e. The molecule has 0 unspecified atom stereocenters. The van der Waals surface area contributed by atoms with Gasteiger partial charge < -0.3 is 9.30 Å². The molecule has 0 bridgehead atoms. The van der Waals surface area contributed by atoms with E-state index in [1.807, 2.05) is 47.0 Å². The van der Waals surface area contributed by atoms with E-state index in [1.54, 1.807) is 26.4 Å². The number of methoxy groups -OCH3 is 1. The number of para-hydroxylation sites is 1. The molecule has 6 nitrogen and oxygen atoms in total. The Morgan fingerprint density at radius 2 is 1.61 bits per heavy atom. The Labute approximate surface area is 165 Å². The minimum atomic E-state index is -0.380. The highest BCUT2D eigenvalue weighted by Gasteiger charge is 2.21. The van der Waals surface area contributed by atoms with Crippen LogP contribution in [0.1, 0.15) is 0 Å². The van der Waals surface area contributed by atoms with E-state index in [2.05, 4.69) is 0 Å². The maximum atomic E-state index is 13.0. The molecule has 2 aromatic heterocycles. The van der Waals surface area contributed by atoms with Crippen LogP contribution in [-0.4, -0.2) is 20.8 Å². The first-order valence-electron chi connectivity index (χ1n) is 8.64. The second kappa shape index (κ2) is 6.73. The average molecular weight is 396 g/mol. The standard InChI is InChI=1S/C21H18ClN3O3/c1-23-17-12-25(16-7-5-4-6-15(16)22)19(13-8-10-14(28-3)11-9-13)18(17)20(26)24(2)21(23)27/h4-12H,1-3H3. The highest BCUT2D eigenvalue weighted by Crippen LogP contribution is 2.33. The minimum absolute atomic E-state index is 0.352. The molecule has 0 aliphatic carbocycles. The predicted octanol–water partition coefficient (Wildman–Crippen LogP) is 3.36. The second-order valence-corrected chi connectivity index (χ2v) is 6.90. The van der Waals surface area contributed by atoms with E-state index in [0.717, 1.165) is 15.8 Å². The first kappa shape index (κ1) is 18.1. The smallest absolute Gasteiger partial charge is 0.330 e. The van der Waals surface area contributed by atoms with Crippen molar-refractivity contribution < 1.29 is 4.74 Å². The first-order valence-corrected chi connectivity index (χ1v) is 9.02. The zero-order valence-electron chi connectivity index (χ0n) is 15.6. The summed E-state index contributed by atoms with van der Waals surface area (Å²) in [5.74, 6) is 0.712. The summed E-state index contributed by atoms with van der Waals surface area (Å²) in [7, 11) is 4.73. The maximum absolute atomic E-state index is 13.0. The van der Waals surface area contributed by atoms with Crippen molar-refractivity contribution in [1.82, 2.24) is 13.7 Å². The van der Waals surface area contributed by atoms with Crippen LogP contribution in [-0.2, 0) is 14.1 Å². The Balaban J connectivity index is 2.18. The monoisotopic (exact) mass is 395 g/mol. The van der Waals surface area contributed by atoms with Crippen molar-refractivity contribution in [3.8, 4) is 22.7 Å². The van der Waals surface area contributed by atoms with Gasteiger partial charge in [-0.15, -0.1) is 0 Å². The van der Waals surface area contributed by atoms with Crippen molar-refractivity contribution in [3.63, 3.8) is 0 Å².